The van der Waals surface area contributed by atoms with Crippen molar-refractivity contribution >= 4 is 5.97 Å². The summed E-state index contributed by atoms with van der Waals surface area (Å²) in [6.07, 6.45) is 0.841. The molecule has 1 saturated heterocycles. The molecule has 0 N–H and O–H groups in total. The maximum absolute atomic E-state index is 12.2. The summed E-state index contributed by atoms with van der Waals surface area (Å²) in [6, 6.07) is 0. The Labute approximate surface area is 124 Å². The van der Waals surface area contributed by atoms with Crippen molar-refractivity contribution in [2.24, 2.45) is 10.8 Å². The van der Waals surface area contributed by atoms with E-state index in [2.05, 4.69) is 37.6 Å². The van der Waals surface area contributed by atoms with Crippen LogP contribution in [-0.4, -0.2) is 62.1 Å². The second kappa shape index (κ2) is 6.90. The van der Waals surface area contributed by atoms with E-state index in [4.69, 9.17) is 4.74 Å². The van der Waals surface area contributed by atoms with E-state index in [-0.39, 0.29) is 11.4 Å². The van der Waals surface area contributed by atoms with Gasteiger partial charge in [-0.15, -0.1) is 0 Å². The number of piperazine rings is 1. The standard InChI is InChI=1S/C16H32N2O2/c1-15(2,3)13-16(4,5)14(19)20-12-11-18-9-7-17(6)8-10-18/h7-13H2,1-6H3. The Morgan fingerprint density at radius 1 is 1.05 bits per heavy atom. The topological polar surface area (TPSA) is 32.8 Å². The van der Waals surface area contributed by atoms with Gasteiger partial charge in [-0.2, -0.15) is 0 Å². The minimum atomic E-state index is -0.402. The molecule has 0 spiro atoms. The van der Waals surface area contributed by atoms with Crippen molar-refractivity contribution in [1.82, 2.24) is 9.80 Å². The number of rotatable bonds is 5. The van der Waals surface area contributed by atoms with Gasteiger partial charge in [0.05, 0.1) is 5.41 Å². The van der Waals surface area contributed by atoms with Crippen LogP contribution in [0.4, 0.5) is 0 Å². The van der Waals surface area contributed by atoms with E-state index in [1.54, 1.807) is 0 Å². The van der Waals surface area contributed by atoms with Gasteiger partial charge in [-0.25, -0.2) is 0 Å². The first-order valence-corrected chi connectivity index (χ1v) is 7.68. The Morgan fingerprint density at radius 3 is 2.10 bits per heavy atom. The summed E-state index contributed by atoms with van der Waals surface area (Å²) in [5.74, 6) is -0.0680. The molecular weight excluding hydrogens is 252 g/mol. The summed E-state index contributed by atoms with van der Waals surface area (Å²) in [5.41, 5.74) is -0.264. The van der Waals surface area contributed by atoms with Crippen LogP contribution in [-0.2, 0) is 9.53 Å². The molecule has 1 rings (SSSR count). The van der Waals surface area contributed by atoms with Crippen molar-refractivity contribution < 1.29 is 9.53 Å². The largest absolute Gasteiger partial charge is 0.464 e. The molecule has 0 radical (unpaired) electrons. The average Bonchev–Trinajstić information content (AvgIpc) is 2.28. The van der Waals surface area contributed by atoms with E-state index < -0.39 is 5.41 Å². The predicted octanol–water partition coefficient (Wildman–Crippen LogP) is 2.24. The fourth-order valence-electron chi connectivity index (χ4n) is 2.93. The van der Waals surface area contributed by atoms with Crippen LogP contribution >= 0.6 is 0 Å². The minimum Gasteiger partial charge on any atom is -0.464 e. The third-order valence-corrected chi connectivity index (χ3v) is 3.76. The Balaban J connectivity index is 2.29. The summed E-state index contributed by atoms with van der Waals surface area (Å²) >= 11 is 0. The Morgan fingerprint density at radius 2 is 1.60 bits per heavy atom. The highest BCUT2D eigenvalue weighted by molar-refractivity contribution is 5.75. The lowest BCUT2D eigenvalue weighted by atomic mass is 9.76. The number of carbonyl (C=O) groups is 1. The normalized spacial score (nSPS) is 19.1. The van der Waals surface area contributed by atoms with Crippen molar-refractivity contribution in [1.29, 1.82) is 0 Å². The summed E-state index contributed by atoms with van der Waals surface area (Å²) in [6.45, 7) is 16.1. The van der Waals surface area contributed by atoms with Crippen LogP contribution in [0.2, 0.25) is 0 Å². The maximum atomic E-state index is 12.2. The average molecular weight is 284 g/mol. The van der Waals surface area contributed by atoms with Crippen LogP contribution in [0, 0.1) is 10.8 Å². The third kappa shape index (κ3) is 6.23. The Bertz CT molecular complexity index is 313. The van der Waals surface area contributed by atoms with Crippen LogP contribution in [0.15, 0.2) is 0 Å². The van der Waals surface area contributed by atoms with Gasteiger partial charge in [-0.3, -0.25) is 9.69 Å². The molecule has 20 heavy (non-hydrogen) atoms. The molecule has 0 amide bonds. The number of carbonyl (C=O) groups excluding carboxylic acids is 1. The third-order valence-electron chi connectivity index (χ3n) is 3.76. The molecule has 1 heterocycles. The molecule has 0 aromatic carbocycles. The molecule has 1 aliphatic rings. The molecule has 4 nitrogen and oxygen atoms in total. The molecule has 1 fully saturated rings. The first-order valence-electron chi connectivity index (χ1n) is 7.68. The van der Waals surface area contributed by atoms with Crippen molar-refractivity contribution in [2.75, 3.05) is 46.4 Å². The zero-order chi connectivity index (χ0) is 15.4. The van der Waals surface area contributed by atoms with Gasteiger partial charge in [0.15, 0.2) is 0 Å². The summed E-state index contributed by atoms with van der Waals surface area (Å²) in [5, 5.41) is 0. The quantitative estimate of drug-likeness (QED) is 0.725. The van der Waals surface area contributed by atoms with E-state index in [1.165, 1.54) is 0 Å². The van der Waals surface area contributed by atoms with E-state index in [9.17, 15) is 4.79 Å². The maximum Gasteiger partial charge on any atom is 0.311 e. The van der Waals surface area contributed by atoms with Gasteiger partial charge in [0.1, 0.15) is 6.61 Å². The van der Waals surface area contributed by atoms with Crippen LogP contribution in [0.3, 0.4) is 0 Å². The van der Waals surface area contributed by atoms with Gasteiger partial charge in [-0.1, -0.05) is 20.8 Å². The summed E-state index contributed by atoms with van der Waals surface area (Å²) < 4.78 is 5.49. The molecule has 0 aliphatic carbocycles. The molecule has 0 atom stereocenters. The molecule has 0 aromatic heterocycles. The van der Waals surface area contributed by atoms with Crippen LogP contribution in [0.25, 0.3) is 0 Å². The first-order chi connectivity index (χ1) is 9.10. The first kappa shape index (κ1) is 17.4. The Hall–Kier alpha value is -0.610. The summed E-state index contributed by atoms with van der Waals surface area (Å²) in [7, 11) is 2.15. The monoisotopic (exact) mass is 284 g/mol. The molecule has 0 saturated carbocycles. The summed E-state index contributed by atoms with van der Waals surface area (Å²) in [4.78, 5) is 16.9. The van der Waals surface area contributed by atoms with Gasteiger partial charge in [0, 0.05) is 32.7 Å². The zero-order valence-corrected chi connectivity index (χ0v) is 14.2. The number of hydrogen-bond acceptors (Lipinski definition) is 4. The number of hydrogen-bond donors (Lipinski definition) is 0. The fraction of sp³-hybridized carbons (Fsp3) is 0.938. The molecule has 118 valence electrons. The van der Waals surface area contributed by atoms with Gasteiger partial charge < -0.3 is 9.64 Å². The van der Waals surface area contributed by atoms with Gasteiger partial charge >= 0.3 is 5.97 Å². The number of ether oxygens (including phenoxy) is 1. The van der Waals surface area contributed by atoms with Crippen LogP contribution in [0.1, 0.15) is 41.0 Å². The lowest BCUT2D eigenvalue weighted by Gasteiger charge is -2.33. The molecule has 0 unspecified atom stereocenters. The predicted molar refractivity (Wildman–Crippen MR) is 82.7 cm³/mol. The van der Waals surface area contributed by atoms with Crippen molar-refractivity contribution in [3.63, 3.8) is 0 Å². The molecule has 1 aliphatic heterocycles. The molecular formula is C16H32N2O2. The number of nitrogens with zero attached hydrogens (tertiary/aromatic N) is 2. The smallest absolute Gasteiger partial charge is 0.311 e. The number of esters is 1. The van der Waals surface area contributed by atoms with Gasteiger partial charge in [0.2, 0.25) is 0 Å². The minimum absolute atomic E-state index is 0.0680. The second-order valence-corrected chi connectivity index (χ2v) is 7.90. The lowest BCUT2D eigenvalue weighted by molar-refractivity contribution is -0.156. The van der Waals surface area contributed by atoms with Crippen LogP contribution < -0.4 is 0 Å². The molecule has 0 aromatic rings. The van der Waals surface area contributed by atoms with E-state index >= 15 is 0 Å². The highest BCUT2D eigenvalue weighted by atomic mass is 16.5. The highest BCUT2D eigenvalue weighted by Crippen LogP contribution is 2.34. The lowest BCUT2D eigenvalue weighted by Crippen LogP contribution is -2.45. The number of likely N-dealkylation sites (N-methyl/N-ethyl adjacent to an activating group) is 1. The van der Waals surface area contributed by atoms with Gasteiger partial charge in [0.25, 0.3) is 0 Å². The molecule has 4 heteroatoms. The second-order valence-electron chi connectivity index (χ2n) is 7.90. The SMILES string of the molecule is CN1CCN(CCOC(=O)C(C)(C)CC(C)(C)C)CC1. The fourth-order valence-corrected chi connectivity index (χ4v) is 2.93. The van der Waals surface area contributed by atoms with E-state index in [0.717, 1.165) is 39.1 Å². The van der Waals surface area contributed by atoms with Gasteiger partial charge in [-0.05, 0) is 32.7 Å². The van der Waals surface area contributed by atoms with Crippen LogP contribution in [0.5, 0.6) is 0 Å². The van der Waals surface area contributed by atoms with Crippen molar-refractivity contribution in [3.8, 4) is 0 Å². The highest BCUT2D eigenvalue weighted by Gasteiger charge is 2.33. The molecule has 0 bridgehead atoms. The zero-order valence-electron chi connectivity index (χ0n) is 14.2. The van der Waals surface area contributed by atoms with Crippen molar-refractivity contribution in [2.45, 2.75) is 41.0 Å². The Kier molecular flexibility index (Phi) is 6.02. The van der Waals surface area contributed by atoms with Crippen molar-refractivity contribution in [3.05, 3.63) is 0 Å². The van der Waals surface area contributed by atoms with E-state index in [0.29, 0.717) is 6.61 Å². The van der Waals surface area contributed by atoms with E-state index in [1.807, 2.05) is 13.8 Å².